The van der Waals surface area contributed by atoms with Crippen molar-refractivity contribution in [3.8, 4) is 17.2 Å². The fourth-order valence-corrected chi connectivity index (χ4v) is 6.04. The first-order chi connectivity index (χ1) is 20.7. The van der Waals surface area contributed by atoms with Crippen LogP contribution in [-0.4, -0.2) is 66.1 Å². The van der Waals surface area contributed by atoms with Crippen molar-refractivity contribution in [1.29, 1.82) is 0 Å². The van der Waals surface area contributed by atoms with Gasteiger partial charge in [0.15, 0.2) is 0 Å². The monoisotopic (exact) mass is 579 g/mol. The topological polar surface area (TPSA) is 105 Å². The Hall–Kier alpha value is -4.47. The lowest BCUT2D eigenvalue weighted by molar-refractivity contribution is -0.133. The largest absolute Gasteiger partial charge is 0.444 e. The molecule has 0 radical (unpaired) electrons. The average Bonchev–Trinajstić information content (AvgIpc) is 3.66. The number of benzene rings is 2. The average molecular weight is 580 g/mol. The Morgan fingerprint density at radius 3 is 2.56 bits per heavy atom. The highest BCUT2D eigenvalue weighted by Crippen LogP contribution is 2.34. The zero-order valence-electron chi connectivity index (χ0n) is 24.9. The van der Waals surface area contributed by atoms with Crippen molar-refractivity contribution in [1.82, 2.24) is 29.3 Å². The summed E-state index contributed by atoms with van der Waals surface area (Å²) in [5.41, 5.74) is 2.10. The number of hydrogen-bond acceptors (Lipinski definition) is 7. The summed E-state index contributed by atoms with van der Waals surface area (Å²) in [4.78, 5) is 43.9. The quantitative estimate of drug-likeness (QED) is 0.331. The number of aromatic nitrogens is 4. The number of nitrogens with zero attached hydrogens (tertiary/aromatic N) is 6. The highest BCUT2D eigenvalue weighted by Gasteiger charge is 2.36. The molecule has 0 bridgehead atoms. The third-order valence-corrected chi connectivity index (χ3v) is 8.26. The predicted octanol–water partition coefficient (Wildman–Crippen LogP) is 5.55. The van der Waals surface area contributed by atoms with Gasteiger partial charge in [0.2, 0.25) is 11.9 Å². The molecule has 4 heterocycles. The van der Waals surface area contributed by atoms with E-state index >= 15 is 0 Å². The first-order valence-corrected chi connectivity index (χ1v) is 15.2. The first kappa shape index (κ1) is 27.4. The van der Waals surface area contributed by atoms with E-state index in [9.17, 15) is 9.59 Å². The summed E-state index contributed by atoms with van der Waals surface area (Å²) >= 11 is 0. The zero-order valence-corrected chi connectivity index (χ0v) is 24.9. The minimum absolute atomic E-state index is 0.0859. The molecule has 2 amide bonds. The lowest BCUT2D eigenvalue weighted by atomic mass is 10.1. The molecule has 2 fully saturated rings. The van der Waals surface area contributed by atoms with Crippen molar-refractivity contribution in [2.45, 2.75) is 71.2 Å². The molecule has 1 aliphatic carbocycles. The third kappa shape index (κ3) is 5.66. The number of fused-ring (bicyclic) bond motifs is 2. The summed E-state index contributed by atoms with van der Waals surface area (Å²) in [5.74, 6) is 2.45. The van der Waals surface area contributed by atoms with Gasteiger partial charge in [-0.15, -0.1) is 0 Å². The Morgan fingerprint density at radius 2 is 1.77 bits per heavy atom. The van der Waals surface area contributed by atoms with Gasteiger partial charge in [-0.2, -0.15) is 4.98 Å². The van der Waals surface area contributed by atoms with Gasteiger partial charge >= 0.3 is 6.09 Å². The zero-order chi connectivity index (χ0) is 29.7. The van der Waals surface area contributed by atoms with Gasteiger partial charge in [-0.3, -0.25) is 14.3 Å². The van der Waals surface area contributed by atoms with Crippen LogP contribution in [0.15, 0.2) is 54.7 Å². The van der Waals surface area contributed by atoms with Gasteiger partial charge in [0, 0.05) is 36.8 Å². The maximum atomic E-state index is 13.0. The highest BCUT2D eigenvalue weighted by molar-refractivity contribution is 5.86. The fourth-order valence-electron chi connectivity index (χ4n) is 6.04. The number of hydrogen-bond donors (Lipinski definition) is 1. The number of carbonyl (C=O) groups excluding carboxylic acids is 2. The summed E-state index contributed by atoms with van der Waals surface area (Å²) in [7, 11) is 0. The second-order valence-corrected chi connectivity index (χ2v) is 12.8. The van der Waals surface area contributed by atoms with E-state index in [0.717, 1.165) is 65.8 Å². The maximum Gasteiger partial charge on any atom is 0.410 e. The molecule has 43 heavy (non-hydrogen) atoms. The van der Waals surface area contributed by atoms with E-state index in [-0.39, 0.29) is 24.0 Å². The Balaban J connectivity index is 1.22. The highest BCUT2D eigenvalue weighted by atomic mass is 16.6. The van der Waals surface area contributed by atoms with Gasteiger partial charge < -0.3 is 15.0 Å². The minimum Gasteiger partial charge on any atom is -0.444 e. The van der Waals surface area contributed by atoms with E-state index in [0.29, 0.717) is 31.4 Å². The van der Waals surface area contributed by atoms with E-state index in [1.54, 1.807) is 11.1 Å². The summed E-state index contributed by atoms with van der Waals surface area (Å²) < 4.78 is 7.71. The third-order valence-electron chi connectivity index (χ3n) is 8.26. The van der Waals surface area contributed by atoms with E-state index in [1.165, 1.54) is 0 Å². The van der Waals surface area contributed by atoms with Crippen LogP contribution < -0.4 is 5.32 Å². The second-order valence-electron chi connectivity index (χ2n) is 12.8. The number of amides is 2. The molecular formula is C33H37N7O3. The van der Waals surface area contributed by atoms with Gasteiger partial charge in [-0.25, -0.2) is 14.8 Å². The number of anilines is 1. The first-order valence-electron chi connectivity index (χ1n) is 15.2. The van der Waals surface area contributed by atoms with Crippen molar-refractivity contribution in [2.24, 2.45) is 5.92 Å². The molecule has 1 N–H and O–H groups in total. The summed E-state index contributed by atoms with van der Waals surface area (Å²) in [5, 5.41) is 5.78. The lowest BCUT2D eigenvalue weighted by Crippen LogP contribution is -2.45. The van der Waals surface area contributed by atoms with E-state index < -0.39 is 5.60 Å². The van der Waals surface area contributed by atoms with Crippen LogP contribution in [-0.2, 0) is 22.6 Å². The van der Waals surface area contributed by atoms with Crippen molar-refractivity contribution in [2.75, 3.05) is 18.4 Å². The van der Waals surface area contributed by atoms with E-state index in [4.69, 9.17) is 14.7 Å². The molecule has 1 saturated heterocycles. The number of ether oxygens (including phenoxy) is 1. The Bertz CT molecular complexity index is 1700. The summed E-state index contributed by atoms with van der Waals surface area (Å²) in [6.45, 7) is 7.81. The van der Waals surface area contributed by atoms with Crippen molar-refractivity contribution in [3.63, 3.8) is 0 Å². The normalized spacial score (nSPS) is 18.5. The van der Waals surface area contributed by atoms with Crippen LogP contribution in [0.4, 0.5) is 10.7 Å². The number of likely N-dealkylation sites (tertiary alicyclic amines) is 1. The summed E-state index contributed by atoms with van der Waals surface area (Å²) in [6.07, 6.45) is 5.32. The minimum atomic E-state index is -0.589. The van der Waals surface area contributed by atoms with E-state index in [2.05, 4.69) is 40.6 Å². The molecule has 1 atom stereocenters. The maximum absolute atomic E-state index is 13.0. The molecule has 2 aliphatic heterocycles. The Kier molecular flexibility index (Phi) is 6.79. The van der Waals surface area contributed by atoms with Gasteiger partial charge in [0.1, 0.15) is 17.2 Å². The number of piperidine rings is 1. The molecule has 2 aromatic heterocycles. The van der Waals surface area contributed by atoms with Crippen LogP contribution in [0.3, 0.4) is 0 Å². The molecule has 3 aliphatic rings. The van der Waals surface area contributed by atoms with Gasteiger partial charge in [0.05, 0.1) is 24.5 Å². The van der Waals surface area contributed by atoms with Crippen LogP contribution in [0, 0.1) is 5.92 Å². The van der Waals surface area contributed by atoms with Crippen LogP contribution in [0.1, 0.15) is 57.8 Å². The molecular weight excluding hydrogens is 542 g/mol. The van der Waals surface area contributed by atoms with Crippen LogP contribution in [0.2, 0.25) is 0 Å². The summed E-state index contributed by atoms with van der Waals surface area (Å²) in [6, 6.07) is 16.5. The Morgan fingerprint density at radius 1 is 0.953 bits per heavy atom. The molecule has 10 nitrogen and oxygen atoms in total. The molecule has 0 unspecified atom stereocenters. The van der Waals surface area contributed by atoms with Crippen LogP contribution >= 0.6 is 0 Å². The van der Waals surface area contributed by atoms with Gasteiger partial charge in [-0.05, 0) is 69.4 Å². The number of imidazole rings is 1. The number of carbonyl (C=O) groups is 2. The smallest absolute Gasteiger partial charge is 0.410 e. The van der Waals surface area contributed by atoms with Gasteiger partial charge in [-0.1, -0.05) is 36.4 Å². The Labute approximate surface area is 251 Å². The molecule has 222 valence electrons. The van der Waals surface area contributed by atoms with Crippen LogP contribution in [0.25, 0.3) is 28.0 Å². The molecule has 4 aromatic rings. The second kappa shape index (κ2) is 10.7. The molecule has 7 rings (SSSR count). The number of rotatable bonds is 5. The van der Waals surface area contributed by atoms with Crippen molar-refractivity contribution in [3.05, 3.63) is 66.1 Å². The lowest BCUT2D eigenvalue weighted by Gasteiger charge is -2.33. The van der Waals surface area contributed by atoms with Crippen LogP contribution in [0.5, 0.6) is 0 Å². The van der Waals surface area contributed by atoms with Gasteiger partial charge in [0.25, 0.3) is 0 Å². The standard InChI is InChI=1S/C33H37N7O3/c1-33(2,3)43-32(42)39-19-26-27(20-39)40(29(36-26)24-13-10-21-7-4-5-8-23(21)17-24)28-14-15-34-31(37-28)35-25-9-6-16-38(18-25)30(41)22-11-12-22/h4-5,7-8,10,13-15,17,22,25H,6,9,11-12,16,18-20H2,1-3H3,(H,34,35,37)/t25-/m0/s1. The SMILES string of the molecule is CC(C)(C)OC(=O)N1Cc2nc(-c3ccc4ccccc4c3)n(-c3ccnc(N[C@H]4CCCN(C(=O)C5CC5)C4)n3)c2C1. The number of nitrogens with one attached hydrogen (secondary N) is 1. The van der Waals surface area contributed by atoms with E-state index in [1.807, 2.05) is 48.4 Å². The van der Waals surface area contributed by atoms with Crippen molar-refractivity contribution < 1.29 is 14.3 Å². The molecule has 2 aromatic carbocycles. The molecule has 1 saturated carbocycles. The van der Waals surface area contributed by atoms with Crippen molar-refractivity contribution >= 4 is 28.7 Å². The predicted molar refractivity (Wildman–Crippen MR) is 164 cm³/mol. The fraction of sp³-hybridized carbons (Fsp3) is 0.424. The molecule has 0 spiro atoms. The molecule has 10 heteroatoms.